The van der Waals surface area contributed by atoms with Gasteiger partial charge >= 0.3 is 5.97 Å². The Hall–Kier alpha value is -2.17. The third-order valence-corrected chi connectivity index (χ3v) is 3.05. The lowest BCUT2D eigenvalue weighted by atomic mass is 10.1. The number of aromatic nitrogens is 2. The molecule has 0 atom stereocenters. The normalized spacial score (nSPS) is 10.9. The highest BCUT2D eigenvalue weighted by Gasteiger charge is 2.15. The van der Waals surface area contributed by atoms with Crippen LogP contribution in [0, 0.1) is 0 Å². The number of carboxylic acid groups (broad SMARTS) is 1. The Morgan fingerprint density at radius 1 is 1.42 bits per heavy atom. The number of hydrogen-bond donors (Lipinski definition) is 1. The summed E-state index contributed by atoms with van der Waals surface area (Å²) in [5, 5.41) is 9.94. The maximum absolute atomic E-state index is 11.2. The second-order valence-corrected chi connectivity index (χ2v) is 4.60. The largest absolute Gasteiger partial charge is 0.478 e. The fourth-order valence-electron chi connectivity index (χ4n) is 2.09. The van der Waals surface area contributed by atoms with Gasteiger partial charge in [0.2, 0.25) is 5.95 Å². The van der Waals surface area contributed by atoms with E-state index in [1.807, 2.05) is 17.9 Å². The molecule has 100 valence electrons. The van der Waals surface area contributed by atoms with E-state index in [0.717, 1.165) is 11.9 Å². The molecule has 0 spiro atoms. The quantitative estimate of drug-likeness (QED) is 0.914. The van der Waals surface area contributed by atoms with E-state index in [2.05, 4.69) is 23.8 Å². The van der Waals surface area contributed by atoms with E-state index in [-0.39, 0.29) is 11.6 Å². The molecule has 0 fully saturated rings. The monoisotopic (exact) mass is 259 g/mol. The summed E-state index contributed by atoms with van der Waals surface area (Å²) in [5.74, 6) is -0.401. The van der Waals surface area contributed by atoms with E-state index in [9.17, 15) is 9.90 Å². The van der Waals surface area contributed by atoms with Crippen molar-refractivity contribution in [2.75, 3.05) is 11.4 Å². The summed E-state index contributed by atoms with van der Waals surface area (Å²) < 4.78 is 0. The molecule has 19 heavy (non-hydrogen) atoms. The first kappa shape index (κ1) is 13.3. The molecule has 0 radical (unpaired) electrons. The van der Waals surface area contributed by atoms with Crippen molar-refractivity contribution in [3.63, 3.8) is 0 Å². The second-order valence-electron chi connectivity index (χ2n) is 4.60. The van der Waals surface area contributed by atoms with Crippen molar-refractivity contribution in [2.45, 2.75) is 26.8 Å². The average molecular weight is 259 g/mol. The van der Waals surface area contributed by atoms with Gasteiger partial charge in [-0.1, -0.05) is 12.1 Å². The van der Waals surface area contributed by atoms with Crippen LogP contribution in [0.4, 0.5) is 5.95 Å². The summed E-state index contributed by atoms with van der Waals surface area (Å²) in [6.07, 6.45) is 1.68. The fraction of sp³-hybridized carbons (Fsp3) is 0.357. The van der Waals surface area contributed by atoms with Crippen LogP contribution in [0.2, 0.25) is 0 Å². The molecule has 0 amide bonds. The molecular weight excluding hydrogens is 242 g/mol. The predicted molar refractivity (Wildman–Crippen MR) is 74.7 cm³/mol. The Morgan fingerprint density at radius 2 is 2.16 bits per heavy atom. The van der Waals surface area contributed by atoms with E-state index < -0.39 is 5.97 Å². The lowest BCUT2D eigenvalue weighted by Gasteiger charge is -2.25. The molecule has 0 saturated carbocycles. The van der Waals surface area contributed by atoms with Crippen molar-refractivity contribution < 1.29 is 9.90 Å². The Kier molecular flexibility index (Phi) is 3.64. The first-order chi connectivity index (χ1) is 9.04. The number of rotatable bonds is 4. The number of carbonyl (C=O) groups is 1. The van der Waals surface area contributed by atoms with Crippen molar-refractivity contribution in [1.29, 1.82) is 0 Å². The van der Waals surface area contributed by atoms with Gasteiger partial charge < -0.3 is 10.0 Å². The molecule has 1 N–H and O–H groups in total. The molecular formula is C14H17N3O2. The molecule has 0 bridgehead atoms. The molecule has 0 unspecified atom stereocenters. The molecule has 0 aliphatic carbocycles. The SMILES string of the molecule is CCN(c1ncc2cccc(C(=O)O)c2n1)C(C)C. The van der Waals surface area contributed by atoms with Crippen LogP contribution < -0.4 is 4.90 Å². The summed E-state index contributed by atoms with van der Waals surface area (Å²) >= 11 is 0. The number of aromatic carboxylic acids is 1. The number of nitrogens with zero attached hydrogens (tertiary/aromatic N) is 3. The molecule has 1 aromatic carbocycles. The molecule has 5 heteroatoms. The van der Waals surface area contributed by atoms with Crippen LogP contribution in [-0.2, 0) is 0 Å². The smallest absolute Gasteiger partial charge is 0.337 e. The first-order valence-electron chi connectivity index (χ1n) is 6.30. The lowest BCUT2D eigenvalue weighted by molar-refractivity contribution is 0.0699. The molecule has 1 aromatic heterocycles. The van der Waals surface area contributed by atoms with Crippen LogP contribution >= 0.6 is 0 Å². The molecule has 5 nitrogen and oxygen atoms in total. The zero-order valence-electron chi connectivity index (χ0n) is 11.3. The number of carboxylic acids is 1. The van der Waals surface area contributed by atoms with Crippen LogP contribution in [0.25, 0.3) is 10.9 Å². The van der Waals surface area contributed by atoms with Gasteiger partial charge in [-0.25, -0.2) is 14.8 Å². The van der Waals surface area contributed by atoms with Crippen molar-refractivity contribution in [1.82, 2.24) is 9.97 Å². The average Bonchev–Trinajstić information content (AvgIpc) is 2.38. The van der Waals surface area contributed by atoms with Crippen molar-refractivity contribution in [2.24, 2.45) is 0 Å². The number of anilines is 1. The van der Waals surface area contributed by atoms with E-state index in [0.29, 0.717) is 11.5 Å². The van der Waals surface area contributed by atoms with Crippen molar-refractivity contribution in [3.05, 3.63) is 30.0 Å². The number of fused-ring (bicyclic) bond motifs is 1. The summed E-state index contributed by atoms with van der Waals surface area (Å²) in [7, 11) is 0. The minimum atomic E-state index is -0.970. The fourth-order valence-corrected chi connectivity index (χ4v) is 2.09. The lowest BCUT2D eigenvalue weighted by Crippen LogP contribution is -2.32. The van der Waals surface area contributed by atoms with Gasteiger partial charge in [-0.2, -0.15) is 0 Å². The maximum atomic E-state index is 11.2. The molecule has 0 aliphatic rings. The summed E-state index contributed by atoms with van der Waals surface area (Å²) in [6, 6.07) is 5.35. The maximum Gasteiger partial charge on any atom is 0.337 e. The van der Waals surface area contributed by atoms with Gasteiger partial charge in [-0.15, -0.1) is 0 Å². The number of para-hydroxylation sites is 1. The first-order valence-corrected chi connectivity index (χ1v) is 6.30. The van der Waals surface area contributed by atoms with Crippen LogP contribution in [0.1, 0.15) is 31.1 Å². The van der Waals surface area contributed by atoms with E-state index in [1.165, 1.54) is 0 Å². The molecule has 0 saturated heterocycles. The summed E-state index contributed by atoms with van der Waals surface area (Å²) in [5.41, 5.74) is 0.694. The van der Waals surface area contributed by atoms with E-state index in [1.54, 1.807) is 18.3 Å². The van der Waals surface area contributed by atoms with E-state index in [4.69, 9.17) is 0 Å². The highest BCUT2D eigenvalue weighted by molar-refractivity contribution is 6.01. The Balaban J connectivity index is 2.61. The molecule has 2 rings (SSSR count). The predicted octanol–water partition coefficient (Wildman–Crippen LogP) is 2.56. The van der Waals surface area contributed by atoms with Crippen molar-refractivity contribution in [3.8, 4) is 0 Å². The van der Waals surface area contributed by atoms with Gasteiger partial charge in [0.25, 0.3) is 0 Å². The van der Waals surface area contributed by atoms with Gasteiger partial charge in [0, 0.05) is 24.2 Å². The molecule has 1 heterocycles. The van der Waals surface area contributed by atoms with Gasteiger partial charge in [-0.3, -0.25) is 0 Å². The Labute approximate surface area is 111 Å². The minimum absolute atomic E-state index is 0.209. The van der Waals surface area contributed by atoms with Crippen molar-refractivity contribution >= 4 is 22.8 Å². The van der Waals surface area contributed by atoms with Crippen LogP contribution in [0.3, 0.4) is 0 Å². The van der Waals surface area contributed by atoms with Crippen LogP contribution in [0.5, 0.6) is 0 Å². The molecule has 2 aromatic rings. The highest BCUT2D eigenvalue weighted by atomic mass is 16.4. The zero-order valence-corrected chi connectivity index (χ0v) is 11.3. The Bertz CT molecular complexity index is 611. The zero-order chi connectivity index (χ0) is 14.0. The van der Waals surface area contributed by atoms with Gasteiger partial charge in [-0.05, 0) is 26.8 Å². The highest BCUT2D eigenvalue weighted by Crippen LogP contribution is 2.20. The van der Waals surface area contributed by atoms with Gasteiger partial charge in [0.15, 0.2) is 0 Å². The van der Waals surface area contributed by atoms with Crippen LogP contribution in [-0.4, -0.2) is 33.6 Å². The van der Waals surface area contributed by atoms with Gasteiger partial charge in [0.1, 0.15) is 0 Å². The second kappa shape index (κ2) is 5.22. The number of benzene rings is 1. The van der Waals surface area contributed by atoms with Crippen LogP contribution in [0.15, 0.2) is 24.4 Å². The topological polar surface area (TPSA) is 66.3 Å². The number of hydrogen-bond acceptors (Lipinski definition) is 4. The summed E-state index contributed by atoms with van der Waals surface area (Å²) in [6.45, 7) is 6.91. The standard InChI is InChI=1S/C14H17N3O2/c1-4-17(9(2)3)14-15-8-10-6-5-7-11(13(18)19)12(10)16-14/h5-9H,4H2,1-3H3,(H,18,19). The van der Waals surface area contributed by atoms with E-state index >= 15 is 0 Å². The van der Waals surface area contributed by atoms with Gasteiger partial charge in [0.05, 0.1) is 11.1 Å². The summed E-state index contributed by atoms with van der Waals surface area (Å²) in [4.78, 5) is 22.0. The minimum Gasteiger partial charge on any atom is -0.478 e. The molecule has 0 aliphatic heterocycles. The third-order valence-electron chi connectivity index (χ3n) is 3.05. The third kappa shape index (κ3) is 2.50. The Morgan fingerprint density at radius 3 is 2.74 bits per heavy atom.